The molecule has 1 atom stereocenters. The fourth-order valence-corrected chi connectivity index (χ4v) is 3.97. The van der Waals surface area contributed by atoms with Gasteiger partial charge in [0.2, 0.25) is 5.88 Å². The smallest absolute Gasteiger partial charge is 0.449 e. The van der Waals surface area contributed by atoms with Crippen LogP contribution in [0.2, 0.25) is 10.0 Å². The fourth-order valence-electron chi connectivity index (χ4n) is 3.68. The van der Waals surface area contributed by atoms with Gasteiger partial charge in [0, 0.05) is 23.4 Å². The number of hydrogen-bond acceptors (Lipinski definition) is 3. The number of furan rings is 1. The van der Waals surface area contributed by atoms with Crippen molar-refractivity contribution < 1.29 is 32.2 Å². The van der Waals surface area contributed by atoms with E-state index in [0.717, 1.165) is 5.56 Å². The van der Waals surface area contributed by atoms with E-state index in [9.17, 15) is 18.0 Å². The second kappa shape index (κ2) is 7.59. The van der Waals surface area contributed by atoms with Gasteiger partial charge in [0.15, 0.2) is 0 Å². The van der Waals surface area contributed by atoms with Gasteiger partial charge >= 0.3 is 12.3 Å². The third kappa shape index (κ3) is 3.89. The summed E-state index contributed by atoms with van der Waals surface area (Å²) in [5, 5.41) is 9.41. The molecule has 1 aromatic carbocycles. The lowest BCUT2D eigenvalue weighted by Gasteiger charge is -2.25. The molecule has 5 nitrogen and oxygen atoms in total. The Kier molecular flexibility index (Phi) is 5.23. The molecular weight excluding hydrogens is 446 g/mol. The molecule has 1 aliphatic rings. The van der Waals surface area contributed by atoms with Gasteiger partial charge in [-0.1, -0.05) is 29.3 Å². The summed E-state index contributed by atoms with van der Waals surface area (Å²) in [6.07, 6.45) is -5.87. The summed E-state index contributed by atoms with van der Waals surface area (Å²) in [5.41, 5.74) is 2.38. The summed E-state index contributed by atoms with van der Waals surface area (Å²) < 4.78 is 51.7. The largest absolute Gasteiger partial charge is 0.513 e. The number of halogens is 5. The number of benzene rings is 1. The van der Waals surface area contributed by atoms with E-state index >= 15 is 0 Å². The van der Waals surface area contributed by atoms with Crippen molar-refractivity contribution in [2.24, 2.45) is 5.92 Å². The van der Waals surface area contributed by atoms with Crippen molar-refractivity contribution in [1.82, 2.24) is 4.57 Å². The van der Waals surface area contributed by atoms with Crippen LogP contribution in [-0.2, 0) is 12.8 Å². The molecule has 0 radical (unpaired) electrons. The van der Waals surface area contributed by atoms with Crippen LogP contribution < -0.4 is 4.74 Å². The highest BCUT2D eigenvalue weighted by atomic mass is 35.5. The number of hydrogen-bond donors (Lipinski definition) is 1. The van der Waals surface area contributed by atoms with E-state index < -0.39 is 18.2 Å². The van der Waals surface area contributed by atoms with Crippen LogP contribution in [0.4, 0.5) is 18.0 Å². The molecule has 1 aliphatic carbocycles. The molecule has 0 saturated heterocycles. The van der Waals surface area contributed by atoms with Gasteiger partial charge in [0.05, 0.1) is 21.7 Å². The standard InChI is InChI=1S/C20H14Cl2F3NO4/c21-13-4-2-10(7-14(13)22)15-8-11-1-3-12(20(23,24)25)9-16(11)26(15)17-5-6-18(29-17)30-19(27)28/h2,4-8,12H,1,3,9H2,(H,27,28). The maximum absolute atomic E-state index is 13.4. The van der Waals surface area contributed by atoms with Crippen molar-refractivity contribution in [1.29, 1.82) is 0 Å². The highest BCUT2D eigenvalue weighted by Crippen LogP contribution is 2.42. The first-order chi connectivity index (χ1) is 14.1. The topological polar surface area (TPSA) is 64.6 Å². The maximum Gasteiger partial charge on any atom is 0.513 e. The van der Waals surface area contributed by atoms with Crippen LogP contribution in [0.3, 0.4) is 0 Å². The van der Waals surface area contributed by atoms with Crippen LogP contribution in [0.25, 0.3) is 17.1 Å². The summed E-state index contributed by atoms with van der Waals surface area (Å²) in [4.78, 5) is 10.8. The summed E-state index contributed by atoms with van der Waals surface area (Å²) in [6.45, 7) is 0. The average molecular weight is 460 g/mol. The predicted molar refractivity (Wildman–Crippen MR) is 104 cm³/mol. The third-order valence-electron chi connectivity index (χ3n) is 5.05. The zero-order valence-electron chi connectivity index (χ0n) is 15.2. The molecule has 0 bridgehead atoms. The molecule has 0 spiro atoms. The number of fused-ring (bicyclic) bond motifs is 1. The first-order valence-corrected chi connectivity index (χ1v) is 9.65. The molecule has 30 heavy (non-hydrogen) atoms. The Morgan fingerprint density at radius 2 is 1.93 bits per heavy atom. The first-order valence-electron chi connectivity index (χ1n) is 8.90. The number of aryl methyl sites for hydroxylation is 1. The number of rotatable bonds is 3. The van der Waals surface area contributed by atoms with Gasteiger partial charge in [-0.2, -0.15) is 13.2 Å². The van der Waals surface area contributed by atoms with Gasteiger partial charge in [0.1, 0.15) is 0 Å². The van der Waals surface area contributed by atoms with Crippen molar-refractivity contribution in [2.45, 2.75) is 25.4 Å². The molecule has 0 aliphatic heterocycles. The number of aromatic nitrogens is 1. The molecule has 1 unspecified atom stereocenters. The number of carboxylic acid groups (broad SMARTS) is 1. The quantitative estimate of drug-likeness (QED) is 0.439. The molecule has 2 aromatic heterocycles. The number of carbonyl (C=O) groups is 1. The highest BCUT2D eigenvalue weighted by molar-refractivity contribution is 6.42. The zero-order chi connectivity index (χ0) is 21.6. The summed E-state index contributed by atoms with van der Waals surface area (Å²) in [5.74, 6) is -1.63. The molecule has 3 aromatic rings. The Morgan fingerprint density at radius 1 is 1.17 bits per heavy atom. The lowest BCUT2D eigenvalue weighted by atomic mass is 9.87. The van der Waals surface area contributed by atoms with Crippen LogP contribution >= 0.6 is 23.2 Å². The van der Waals surface area contributed by atoms with Crippen molar-refractivity contribution in [2.75, 3.05) is 0 Å². The van der Waals surface area contributed by atoms with Crippen LogP contribution in [0, 0.1) is 5.92 Å². The fraction of sp³-hybridized carbons (Fsp3) is 0.250. The normalized spacial score (nSPS) is 16.4. The molecule has 0 fully saturated rings. The lowest BCUT2D eigenvalue weighted by molar-refractivity contribution is -0.177. The van der Waals surface area contributed by atoms with E-state index in [-0.39, 0.29) is 31.1 Å². The van der Waals surface area contributed by atoms with E-state index in [1.165, 1.54) is 12.1 Å². The Hall–Kier alpha value is -2.58. The number of ether oxygens (including phenoxy) is 1. The summed E-state index contributed by atoms with van der Waals surface area (Å²) in [7, 11) is 0. The van der Waals surface area contributed by atoms with Gasteiger partial charge in [-0.25, -0.2) is 4.79 Å². The molecule has 1 N–H and O–H groups in total. The van der Waals surface area contributed by atoms with Crippen molar-refractivity contribution in [3.05, 3.63) is 57.7 Å². The second-order valence-corrected chi connectivity index (χ2v) is 7.72. The molecule has 2 heterocycles. The van der Waals surface area contributed by atoms with E-state index in [0.29, 0.717) is 27.0 Å². The van der Waals surface area contributed by atoms with Crippen LogP contribution in [0.15, 0.2) is 40.8 Å². The predicted octanol–water partition coefficient (Wildman–Crippen LogP) is 6.77. The lowest BCUT2D eigenvalue weighted by Crippen LogP contribution is -2.29. The Labute approximate surface area is 178 Å². The Bertz CT molecular complexity index is 1120. The molecular formula is C20H14Cl2F3NO4. The van der Waals surface area contributed by atoms with Gasteiger partial charge in [-0.05, 0) is 43.0 Å². The Morgan fingerprint density at radius 3 is 2.60 bits per heavy atom. The average Bonchev–Trinajstić information content (AvgIpc) is 3.26. The van der Waals surface area contributed by atoms with E-state index in [2.05, 4.69) is 4.74 Å². The molecule has 0 saturated carbocycles. The SMILES string of the molecule is O=C(O)Oc1ccc(-n2c(-c3ccc(Cl)c(Cl)c3)cc3c2CC(C(F)(F)F)CC3)o1. The minimum Gasteiger partial charge on any atom is -0.449 e. The summed E-state index contributed by atoms with van der Waals surface area (Å²) >= 11 is 12.1. The minimum atomic E-state index is -4.32. The number of nitrogens with zero attached hydrogens (tertiary/aromatic N) is 1. The van der Waals surface area contributed by atoms with Crippen molar-refractivity contribution in [3.63, 3.8) is 0 Å². The minimum absolute atomic E-state index is 0.00709. The van der Waals surface area contributed by atoms with Gasteiger partial charge in [-0.15, -0.1) is 0 Å². The van der Waals surface area contributed by atoms with E-state index in [1.54, 1.807) is 28.8 Å². The molecule has 158 valence electrons. The van der Waals surface area contributed by atoms with E-state index in [1.807, 2.05) is 0 Å². The summed E-state index contributed by atoms with van der Waals surface area (Å²) in [6, 6.07) is 9.43. The first kappa shape index (κ1) is 20.7. The van der Waals surface area contributed by atoms with Crippen LogP contribution in [-0.4, -0.2) is 22.0 Å². The monoisotopic (exact) mass is 459 g/mol. The zero-order valence-corrected chi connectivity index (χ0v) is 16.7. The Balaban J connectivity index is 1.87. The van der Waals surface area contributed by atoms with E-state index in [4.69, 9.17) is 32.7 Å². The molecule has 0 amide bonds. The van der Waals surface area contributed by atoms with Crippen LogP contribution in [0.5, 0.6) is 5.95 Å². The number of alkyl halides is 3. The molecule has 4 rings (SSSR count). The highest BCUT2D eigenvalue weighted by Gasteiger charge is 2.42. The van der Waals surface area contributed by atoms with Gasteiger partial charge in [0.25, 0.3) is 5.95 Å². The maximum atomic E-state index is 13.4. The van der Waals surface area contributed by atoms with Crippen molar-refractivity contribution >= 4 is 29.4 Å². The van der Waals surface area contributed by atoms with Crippen LogP contribution in [0.1, 0.15) is 17.7 Å². The van der Waals surface area contributed by atoms with Crippen molar-refractivity contribution in [3.8, 4) is 23.1 Å². The van der Waals surface area contributed by atoms with Gasteiger partial charge < -0.3 is 14.3 Å². The third-order valence-corrected chi connectivity index (χ3v) is 5.79. The van der Waals surface area contributed by atoms with Gasteiger partial charge in [-0.3, -0.25) is 4.57 Å². The second-order valence-electron chi connectivity index (χ2n) is 6.91. The molecule has 10 heteroatoms.